The van der Waals surface area contributed by atoms with E-state index in [0.29, 0.717) is 5.39 Å². The zero-order chi connectivity index (χ0) is 17.4. The van der Waals surface area contributed by atoms with Gasteiger partial charge in [0, 0.05) is 17.6 Å². The van der Waals surface area contributed by atoms with Gasteiger partial charge in [0.05, 0.1) is 17.3 Å². The van der Waals surface area contributed by atoms with Crippen LogP contribution in [0.25, 0.3) is 22.1 Å². The fraction of sp³-hybridized carbons (Fsp3) is 0.143. The number of aromatic nitrogens is 3. The molecule has 0 spiro atoms. The number of hydrogen-bond acceptors (Lipinski definition) is 2. The Kier molecular flexibility index (Phi) is 3.73. The van der Waals surface area contributed by atoms with Crippen LogP contribution < -0.4 is 5.56 Å². The number of para-hydroxylation sites is 1. The first-order valence-corrected chi connectivity index (χ1v) is 8.44. The van der Waals surface area contributed by atoms with Gasteiger partial charge in [-0.1, -0.05) is 37.3 Å². The van der Waals surface area contributed by atoms with E-state index >= 15 is 0 Å². The van der Waals surface area contributed by atoms with Gasteiger partial charge in [-0.15, -0.1) is 0 Å². The van der Waals surface area contributed by atoms with Crippen molar-refractivity contribution in [2.24, 2.45) is 0 Å². The van der Waals surface area contributed by atoms with Gasteiger partial charge in [0.15, 0.2) is 0 Å². The van der Waals surface area contributed by atoms with Gasteiger partial charge in [0.2, 0.25) is 0 Å². The number of rotatable bonds is 3. The number of benzene rings is 2. The topological polar surface area (TPSA) is 39.8 Å². The molecule has 0 saturated heterocycles. The van der Waals surface area contributed by atoms with Crippen molar-refractivity contribution in [2.75, 3.05) is 0 Å². The van der Waals surface area contributed by atoms with E-state index in [1.807, 2.05) is 66.2 Å². The second-order valence-corrected chi connectivity index (χ2v) is 6.17. The molecule has 0 aliphatic heterocycles. The number of aryl methyl sites for hydroxylation is 2. The Balaban J connectivity index is 2.10. The SMILES string of the molecule is CCc1cc2cccc(-n3cc(C)cn3)c2c(=O)n1-c1ccccc1. The van der Waals surface area contributed by atoms with E-state index in [1.165, 1.54) is 0 Å². The Morgan fingerprint density at radius 3 is 2.52 bits per heavy atom. The standard InChI is InChI=1S/C21H19N3O/c1-3-17-12-16-8-7-11-19(23-14-15(2)13-22-23)20(16)21(25)24(17)18-9-5-4-6-10-18/h4-14H,3H2,1-2H3. The maximum absolute atomic E-state index is 13.4. The Labute approximate surface area is 146 Å². The molecule has 4 nitrogen and oxygen atoms in total. The van der Waals surface area contributed by atoms with Gasteiger partial charge in [-0.3, -0.25) is 9.36 Å². The average Bonchev–Trinajstić information content (AvgIpc) is 3.08. The smallest absolute Gasteiger partial charge is 0.265 e. The lowest BCUT2D eigenvalue weighted by molar-refractivity contribution is 0.869. The summed E-state index contributed by atoms with van der Waals surface area (Å²) in [7, 11) is 0. The molecular weight excluding hydrogens is 310 g/mol. The highest BCUT2D eigenvalue weighted by Gasteiger charge is 2.14. The number of fused-ring (bicyclic) bond motifs is 1. The summed E-state index contributed by atoms with van der Waals surface area (Å²) >= 11 is 0. The van der Waals surface area contributed by atoms with Crippen LogP contribution in [0.1, 0.15) is 18.2 Å². The van der Waals surface area contributed by atoms with Crippen LogP contribution in [0.3, 0.4) is 0 Å². The van der Waals surface area contributed by atoms with Crippen molar-refractivity contribution in [3.05, 3.63) is 88.6 Å². The molecule has 4 heteroatoms. The monoisotopic (exact) mass is 329 g/mol. The van der Waals surface area contributed by atoms with E-state index in [4.69, 9.17) is 0 Å². The molecule has 4 aromatic rings. The molecule has 2 aromatic heterocycles. The van der Waals surface area contributed by atoms with Gasteiger partial charge in [0.25, 0.3) is 5.56 Å². The Bertz CT molecular complexity index is 1110. The highest BCUT2D eigenvalue weighted by Crippen LogP contribution is 2.22. The second kappa shape index (κ2) is 6.06. The van der Waals surface area contributed by atoms with Gasteiger partial charge >= 0.3 is 0 Å². The molecule has 0 N–H and O–H groups in total. The van der Waals surface area contributed by atoms with Crippen LogP contribution in [-0.4, -0.2) is 14.3 Å². The Hall–Kier alpha value is -3.14. The van der Waals surface area contributed by atoms with E-state index in [-0.39, 0.29) is 5.56 Å². The van der Waals surface area contributed by atoms with Crippen LogP contribution >= 0.6 is 0 Å². The summed E-state index contributed by atoms with van der Waals surface area (Å²) in [6, 6.07) is 17.8. The Morgan fingerprint density at radius 1 is 1.04 bits per heavy atom. The molecular formula is C21H19N3O. The summed E-state index contributed by atoms with van der Waals surface area (Å²) in [5.41, 5.74) is 3.74. The lowest BCUT2D eigenvalue weighted by Gasteiger charge is -2.15. The molecule has 124 valence electrons. The van der Waals surface area contributed by atoms with Crippen molar-refractivity contribution < 1.29 is 0 Å². The summed E-state index contributed by atoms with van der Waals surface area (Å²) in [4.78, 5) is 13.4. The van der Waals surface area contributed by atoms with E-state index in [0.717, 1.165) is 34.4 Å². The molecule has 0 fully saturated rings. The molecule has 4 rings (SSSR count). The van der Waals surface area contributed by atoms with Crippen LogP contribution in [-0.2, 0) is 6.42 Å². The molecule has 0 bridgehead atoms. The number of hydrogen-bond donors (Lipinski definition) is 0. The molecule has 2 heterocycles. The van der Waals surface area contributed by atoms with E-state index in [9.17, 15) is 4.79 Å². The maximum Gasteiger partial charge on any atom is 0.265 e. The summed E-state index contributed by atoms with van der Waals surface area (Å²) in [5, 5.41) is 6.02. The largest absolute Gasteiger partial charge is 0.281 e. The summed E-state index contributed by atoms with van der Waals surface area (Å²) in [5.74, 6) is 0. The summed E-state index contributed by atoms with van der Waals surface area (Å²) < 4.78 is 3.59. The molecule has 0 aliphatic carbocycles. The Morgan fingerprint density at radius 2 is 1.84 bits per heavy atom. The molecule has 0 amide bonds. The van der Waals surface area contributed by atoms with Crippen molar-refractivity contribution in [2.45, 2.75) is 20.3 Å². The summed E-state index contributed by atoms with van der Waals surface area (Å²) in [6.45, 7) is 4.06. The highest BCUT2D eigenvalue weighted by atomic mass is 16.1. The van der Waals surface area contributed by atoms with Crippen molar-refractivity contribution in [3.63, 3.8) is 0 Å². The van der Waals surface area contributed by atoms with Gasteiger partial charge in [-0.2, -0.15) is 5.10 Å². The fourth-order valence-electron chi connectivity index (χ4n) is 3.25. The third-order valence-corrected chi connectivity index (χ3v) is 4.44. The molecule has 0 unspecified atom stereocenters. The predicted octanol–water partition coefficient (Wildman–Crippen LogP) is 4.05. The van der Waals surface area contributed by atoms with Crippen LogP contribution in [0, 0.1) is 6.92 Å². The lowest BCUT2D eigenvalue weighted by atomic mass is 10.1. The van der Waals surface area contributed by atoms with Gasteiger partial charge in [-0.05, 0) is 48.6 Å². The molecule has 0 aliphatic rings. The van der Waals surface area contributed by atoms with Crippen molar-refractivity contribution in [3.8, 4) is 11.4 Å². The van der Waals surface area contributed by atoms with Gasteiger partial charge in [-0.25, -0.2) is 4.68 Å². The van der Waals surface area contributed by atoms with E-state index in [1.54, 1.807) is 10.9 Å². The number of nitrogens with zero attached hydrogens (tertiary/aromatic N) is 3. The van der Waals surface area contributed by atoms with Crippen LogP contribution in [0.2, 0.25) is 0 Å². The third-order valence-electron chi connectivity index (χ3n) is 4.44. The average molecular weight is 329 g/mol. The minimum Gasteiger partial charge on any atom is -0.281 e. The fourth-order valence-corrected chi connectivity index (χ4v) is 3.25. The molecule has 0 radical (unpaired) electrons. The first kappa shape index (κ1) is 15.4. The van der Waals surface area contributed by atoms with Crippen LogP contribution in [0.15, 0.2) is 71.8 Å². The minimum absolute atomic E-state index is 0.00990. The summed E-state index contributed by atoms with van der Waals surface area (Å²) in [6.07, 6.45) is 4.52. The van der Waals surface area contributed by atoms with Crippen LogP contribution in [0.4, 0.5) is 0 Å². The predicted molar refractivity (Wildman–Crippen MR) is 101 cm³/mol. The normalized spacial score (nSPS) is 11.1. The van der Waals surface area contributed by atoms with Crippen LogP contribution in [0.5, 0.6) is 0 Å². The lowest BCUT2D eigenvalue weighted by Crippen LogP contribution is -2.23. The minimum atomic E-state index is -0.00990. The quantitative estimate of drug-likeness (QED) is 0.569. The molecule has 25 heavy (non-hydrogen) atoms. The highest BCUT2D eigenvalue weighted by molar-refractivity contribution is 5.90. The third kappa shape index (κ3) is 2.56. The van der Waals surface area contributed by atoms with Crippen molar-refractivity contribution in [1.82, 2.24) is 14.3 Å². The first-order valence-electron chi connectivity index (χ1n) is 8.44. The van der Waals surface area contributed by atoms with E-state index < -0.39 is 0 Å². The number of pyridine rings is 1. The molecule has 0 saturated carbocycles. The zero-order valence-corrected chi connectivity index (χ0v) is 14.3. The van der Waals surface area contributed by atoms with Crippen molar-refractivity contribution in [1.29, 1.82) is 0 Å². The zero-order valence-electron chi connectivity index (χ0n) is 14.3. The van der Waals surface area contributed by atoms with Gasteiger partial charge in [0.1, 0.15) is 0 Å². The van der Waals surface area contributed by atoms with Gasteiger partial charge < -0.3 is 0 Å². The molecule has 2 aromatic carbocycles. The second-order valence-electron chi connectivity index (χ2n) is 6.17. The van der Waals surface area contributed by atoms with E-state index in [2.05, 4.69) is 18.1 Å². The molecule has 0 atom stereocenters. The first-order chi connectivity index (χ1) is 12.2. The maximum atomic E-state index is 13.4. The van der Waals surface area contributed by atoms with Crippen molar-refractivity contribution >= 4 is 10.8 Å².